The highest BCUT2D eigenvalue weighted by Gasteiger charge is 2.33. The molecule has 2 heterocycles. The van der Waals surface area contributed by atoms with E-state index in [0.29, 0.717) is 10.9 Å². The lowest BCUT2D eigenvalue weighted by Crippen LogP contribution is -2.31. The number of nitrogens with two attached hydrogens (primary N) is 1. The Kier molecular flexibility index (Phi) is 6.55. The van der Waals surface area contributed by atoms with Crippen LogP contribution in [0.25, 0.3) is 11.3 Å². The molecule has 0 spiro atoms. The minimum Gasteiger partial charge on any atom is -0.373 e. The third kappa shape index (κ3) is 4.76. The lowest BCUT2D eigenvalue weighted by Gasteiger charge is -2.19. The first-order valence-corrected chi connectivity index (χ1v) is 10.4. The van der Waals surface area contributed by atoms with E-state index in [1.165, 1.54) is 23.5 Å². The van der Waals surface area contributed by atoms with E-state index >= 15 is 0 Å². The molecule has 4 nitrogen and oxygen atoms in total. The van der Waals surface area contributed by atoms with Crippen LogP contribution >= 0.6 is 22.9 Å². The van der Waals surface area contributed by atoms with Crippen LogP contribution in [0, 0.1) is 6.92 Å². The highest BCUT2D eigenvalue weighted by molar-refractivity contribution is 7.20. The summed E-state index contributed by atoms with van der Waals surface area (Å²) in [4.78, 5) is 0. The fourth-order valence-corrected chi connectivity index (χ4v) is 4.56. The molecule has 2 aromatic heterocycles. The molecule has 3 aromatic rings. The second-order valence-corrected chi connectivity index (χ2v) is 8.38. The number of hydrogen-bond donors (Lipinski definition) is 2. The molecule has 0 saturated heterocycles. The molecule has 0 saturated carbocycles. The second kappa shape index (κ2) is 8.77. The Labute approximate surface area is 176 Å². The number of aromatic nitrogens is 2. The van der Waals surface area contributed by atoms with Crippen LogP contribution in [-0.4, -0.2) is 22.4 Å². The predicted molar refractivity (Wildman–Crippen MR) is 113 cm³/mol. The molecule has 156 valence electrons. The van der Waals surface area contributed by atoms with Crippen molar-refractivity contribution in [3.63, 3.8) is 0 Å². The Bertz CT molecular complexity index is 981. The molecule has 0 radical (unpaired) electrons. The molecule has 0 fully saturated rings. The van der Waals surface area contributed by atoms with Gasteiger partial charge < -0.3 is 11.1 Å². The fourth-order valence-electron chi connectivity index (χ4n) is 3.31. The first-order valence-electron chi connectivity index (χ1n) is 9.18. The van der Waals surface area contributed by atoms with E-state index in [-0.39, 0.29) is 24.6 Å². The van der Waals surface area contributed by atoms with Crippen LogP contribution in [0.3, 0.4) is 0 Å². The quantitative estimate of drug-likeness (QED) is 0.501. The summed E-state index contributed by atoms with van der Waals surface area (Å²) in [6.07, 6.45) is -2.45. The van der Waals surface area contributed by atoms with Gasteiger partial charge in [0.05, 0.1) is 22.5 Å². The van der Waals surface area contributed by atoms with Crippen molar-refractivity contribution in [2.75, 3.05) is 11.9 Å². The van der Waals surface area contributed by atoms with Gasteiger partial charge in [0.2, 0.25) is 0 Å². The fraction of sp³-hybridized carbons (Fsp3) is 0.350. The molecule has 0 unspecified atom stereocenters. The van der Waals surface area contributed by atoms with Crippen molar-refractivity contribution < 1.29 is 13.2 Å². The SMILES string of the molecule is CCn1ncc(C)c1-c1cc(N[C@H](CN)Cc2ccccc2C(F)(F)F)sc1Cl. The molecule has 3 N–H and O–H groups in total. The van der Waals surface area contributed by atoms with E-state index in [4.69, 9.17) is 17.3 Å². The van der Waals surface area contributed by atoms with Gasteiger partial charge in [-0.15, -0.1) is 11.3 Å². The standard InChI is InChI=1S/C20H22ClF3N4S/c1-3-28-18(12(2)11-26-28)15-9-17(29-19(15)21)27-14(10-25)8-13-6-4-5-7-16(13)20(22,23)24/h4-7,9,11,14,27H,3,8,10,25H2,1-2H3/t14-/m0/s1. The summed E-state index contributed by atoms with van der Waals surface area (Å²) in [7, 11) is 0. The number of anilines is 1. The van der Waals surface area contributed by atoms with Crippen molar-refractivity contribution in [3.05, 3.63) is 57.6 Å². The summed E-state index contributed by atoms with van der Waals surface area (Å²) in [5.74, 6) is 0. The van der Waals surface area contributed by atoms with Crippen molar-refractivity contribution >= 4 is 27.9 Å². The van der Waals surface area contributed by atoms with E-state index < -0.39 is 11.7 Å². The molecule has 9 heteroatoms. The van der Waals surface area contributed by atoms with Gasteiger partial charge in [-0.1, -0.05) is 29.8 Å². The lowest BCUT2D eigenvalue weighted by molar-refractivity contribution is -0.138. The number of nitrogens with one attached hydrogen (secondary N) is 1. The maximum Gasteiger partial charge on any atom is 0.416 e. The normalized spacial score (nSPS) is 12.9. The first-order chi connectivity index (χ1) is 13.7. The smallest absolute Gasteiger partial charge is 0.373 e. The molecule has 0 aliphatic carbocycles. The van der Waals surface area contributed by atoms with Gasteiger partial charge in [0.1, 0.15) is 4.34 Å². The molecule has 3 rings (SSSR count). The maximum atomic E-state index is 13.3. The Morgan fingerprint density at radius 2 is 2.03 bits per heavy atom. The molecular weight excluding hydrogens is 421 g/mol. The number of benzene rings is 1. The van der Waals surface area contributed by atoms with Crippen LogP contribution in [0.4, 0.5) is 18.2 Å². The van der Waals surface area contributed by atoms with Crippen molar-refractivity contribution in [2.24, 2.45) is 5.73 Å². The molecule has 0 aliphatic heterocycles. The van der Waals surface area contributed by atoms with Crippen LogP contribution in [-0.2, 0) is 19.1 Å². The van der Waals surface area contributed by atoms with Crippen molar-refractivity contribution in [1.82, 2.24) is 9.78 Å². The summed E-state index contributed by atoms with van der Waals surface area (Å²) in [5.41, 5.74) is 8.23. The zero-order valence-electron chi connectivity index (χ0n) is 16.1. The highest BCUT2D eigenvalue weighted by atomic mass is 35.5. The maximum absolute atomic E-state index is 13.3. The molecule has 0 amide bonds. The number of aryl methyl sites for hydroxylation is 2. The monoisotopic (exact) mass is 442 g/mol. The van der Waals surface area contributed by atoms with Crippen LogP contribution in [0.1, 0.15) is 23.6 Å². The number of alkyl halides is 3. The largest absolute Gasteiger partial charge is 0.416 e. The van der Waals surface area contributed by atoms with Crippen LogP contribution < -0.4 is 11.1 Å². The number of rotatable bonds is 7. The summed E-state index contributed by atoms with van der Waals surface area (Å²) >= 11 is 7.81. The summed E-state index contributed by atoms with van der Waals surface area (Å²) in [6.45, 7) is 4.85. The lowest BCUT2D eigenvalue weighted by atomic mass is 10.00. The van der Waals surface area contributed by atoms with Gasteiger partial charge in [0.15, 0.2) is 0 Å². The molecule has 29 heavy (non-hydrogen) atoms. The zero-order valence-corrected chi connectivity index (χ0v) is 17.6. The number of hydrogen-bond acceptors (Lipinski definition) is 4. The van der Waals surface area contributed by atoms with Crippen molar-refractivity contribution in [3.8, 4) is 11.3 Å². The van der Waals surface area contributed by atoms with Gasteiger partial charge in [0, 0.05) is 24.7 Å². The van der Waals surface area contributed by atoms with Gasteiger partial charge in [-0.2, -0.15) is 18.3 Å². The minimum atomic E-state index is -4.40. The van der Waals surface area contributed by atoms with Gasteiger partial charge in [-0.05, 0) is 43.5 Å². The van der Waals surface area contributed by atoms with Gasteiger partial charge in [-0.25, -0.2) is 0 Å². The van der Waals surface area contributed by atoms with Crippen molar-refractivity contribution in [1.29, 1.82) is 0 Å². The summed E-state index contributed by atoms with van der Waals surface area (Å²) in [6, 6.07) is 7.12. The van der Waals surface area contributed by atoms with Crippen LogP contribution in [0.2, 0.25) is 4.34 Å². The first kappa shape index (κ1) is 21.7. The van der Waals surface area contributed by atoms with Gasteiger partial charge in [-0.3, -0.25) is 4.68 Å². The molecule has 0 aliphatic rings. The Morgan fingerprint density at radius 3 is 2.69 bits per heavy atom. The Hall–Kier alpha value is -2.03. The van der Waals surface area contributed by atoms with Gasteiger partial charge >= 0.3 is 6.18 Å². The minimum absolute atomic E-state index is 0.156. The number of nitrogens with zero attached hydrogens (tertiary/aromatic N) is 2. The number of halogens is 4. The van der Waals surface area contributed by atoms with E-state index in [2.05, 4.69) is 10.4 Å². The highest BCUT2D eigenvalue weighted by Crippen LogP contribution is 2.40. The molecule has 0 bridgehead atoms. The van der Waals surface area contributed by atoms with Gasteiger partial charge in [0.25, 0.3) is 0 Å². The number of thiophene rings is 1. The van der Waals surface area contributed by atoms with E-state index in [1.54, 1.807) is 12.3 Å². The molecule has 1 atom stereocenters. The average Bonchev–Trinajstić information content (AvgIpc) is 3.22. The topological polar surface area (TPSA) is 55.9 Å². The summed E-state index contributed by atoms with van der Waals surface area (Å²) in [5, 5.41) is 8.35. The van der Waals surface area contributed by atoms with Crippen molar-refractivity contribution in [2.45, 2.75) is 39.0 Å². The van der Waals surface area contributed by atoms with E-state index in [1.807, 2.05) is 24.6 Å². The molecule has 1 aromatic carbocycles. The predicted octanol–water partition coefficient (Wildman–Crippen LogP) is 5.59. The van der Waals surface area contributed by atoms with Crippen LogP contribution in [0.5, 0.6) is 0 Å². The van der Waals surface area contributed by atoms with Crippen LogP contribution in [0.15, 0.2) is 36.5 Å². The molecular formula is C20H22ClF3N4S. The van der Waals surface area contributed by atoms with E-state index in [0.717, 1.165) is 27.9 Å². The second-order valence-electron chi connectivity index (χ2n) is 6.73. The van der Waals surface area contributed by atoms with E-state index in [9.17, 15) is 13.2 Å². The third-order valence-electron chi connectivity index (χ3n) is 4.68. The summed E-state index contributed by atoms with van der Waals surface area (Å²) < 4.78 is 42.3. The third-order valence-corrected chi connectivity index (χ3v) is 5.97. The Balaban J connectivity index is 1.84. The Morgan fingerprint density at radius 1 is 1.31 bits per heavy atom. The zero-order chi connectivity index (χ0) is 21.2. The average molecular weight is 443 g/mol.